The van der Waals surface area contributed by atoms with Crippen molar-refractivity contribution in [3.63, 3.8) is 0 Å². The molecule has 1 heterocycles. The van der Waals surface area contributed by atoms with Gasteiger partial charge in [-0.15, -0.1) is 0 Å². The van der Waals surface area contributed by atoms with Gasteiger partial charge in [0.05, 0.1) is 6.04 Å². The lowest BCUT2D eigenvalue weighted by molar-refractivity contribution is -0.137. The first-order valence-corrected chi connectivity index (χ1v) is 6.71. The van der Waals surface area contributed by atoms with Crippen LogP contribution in [0.25, 0.3) is 0 Å². The summed E-state index contributed by atoms with van der Waals surface area (Å²) in [7, 11) is 0. The van der Waals surface area contributed by atoms with Crippen LogP contribution in [0, 0.1) is 12.8 Å². The molecule has 0 fully saturated rings. The summed E-state index contributed by atoms with van der Waals surface area (Å²) in [5.41, 5.74) is 0. The maximum Gasteiger partial charge on any atom is 0.315 e. The lowest BCUT2D eigenvalue weighted by Crippen LogP contribution is -2.39. The summed E-state index contributed by atoms with van der Waals surface area (Å²) in [6.45, 7) is 6.04. The van der Waals surface area contributed by atoms with Crippen molar-refractivity contribution in [2.75, 3.05) is 6.54 Å². The van der Waals surface area contributed by atoms with Gasteiger partial charge in [0.1, 0.15) is 11.5 Å². The third-order valence-electron chi connectivity index (χ3n) is 3.00. The van der Waals surface area contributed by atoms with E-state index in [1.807, 2.05) is 32.9 Å². The Hall–Kier alpha value is -1.98. The molecule has 0 aliphatic heterocycles. The minimum absolute atomic E-state index is 0.118. The Morgan fingerprint density at radius 1 is 1.35 bits per heavy atom. The minimum Gasteiger partial charge on any atom is -0.481 e. The zero-order valence-electron chi connectivity index (χ0n) is 12.1. The molecule has 3 N–H and O–H groups in total. The Morgan fingerprint density at radius 3 is 2.60 bits per heavy atom. The fourth-order valence-corrected chi connectivity index (χ4v) is 1.74. The second-order valence-electron chi connectivity index (χ2n) is 5.06. The Bertz CT molecular complexity index is 456. The van der Waals surface area contributed by atoms with E-state index in [9.17, 15) is 9.59 Å². The van der Waals surface area contributed by atoms with Gasteiger partial charge in [0.25, 0.3) is 0 Å². The highest BCUT2D eigenvalue weighted by molar-refractivity contribution is 5.74. The van der Waals surface area contributed by atoms with Gasteiger partial charge < -0.3 is 20.2 Å². The van der Waals surface area contributed by atoms with Gasteiger partial charge in [-0.2, -0.15) is 0 Å². The number of urea groups is 1. The van der Waals surface area contributed by atoms with Crippen molar-refractivity contribution in [2.45, 2.75) is 39.7 Å². The molecule has 20 heavy (non-hydrogen) atoms. The molecule has 0 aliphatic rings. The van der Waals surface area contributed by atoms with Gasteiger partial charge in [0.15, 0.2) is 0 Å². The Kier molecular flexibility index (Phi) is 6.09. The van der Waals surface area contributed by atoms with Crippen molar-refractivity contribution in [3.8, 4) is 0 Å². The van der Waals surface area contributed by atoms with Gasteiger partial charge in [-0.25, -0.2) is 4.79 Å². The summed E-state index contributed by atoms with van der Waals surface area (Å²) in [5.74, 6) is 0.814. The topological polar surface area (TPSA) is 91.6 Å². The number of hydrogen-bond acceptors (Lipinski definition) is 3. The van der Waals surface area contributed by atoms with E-state index >= 15 is 0 Å². The number of nitrogens with one attached hydrogen (secondary N) is 2. The fraction of sp³-hybridized carbons (Fsp3) is 0.571. The largest absolute Gasteiger partial charge is 0.481 e. The first kappa shape index (κ1) is 16.1. The van der Waals surface area contributed by atoms with Crippen molar-refractivity contribution < 1.29 is 19.1 Å². The van der Waals surface area contributed by atoms with Crippen molar-refractivity contribution in [2.24, 2.45) is 5.92 Å². The number of carboxylic acid groups (broad SMARTS) is 1. The predicted molar refractivity (Wildman–Crippen MR) is 74.4 cm³/mol. The molecule has 112 valence electrons. The Morgan fingerprint density at radius 2 is 2.05 bits per heavy atom. The molecule has 2 atom stereocenters. The number of carbonyl (C=O) groups is 2. The van der Waals surface area contributed by atoms with Gasteiger partial charge in [-0.3, -0.25) is 4.79 Å². The molecular weight excluding hydrogens is 260 g/mol. The van der Waals surface area contributed by atoms with E-state index < -0.39 is 5.97 Å². The molecule has 6 heteroatoms. The predicted octanol–water partition coefficient (Wildman–Crippen LogP) is 2.45. The summed E-state index contributed by atoms with van der Waals surface area (Å²) >= 11 is 0. The van der Waals surface area contributed by atoms with E-state index in [1.54, 1.807) is 0 Å². The van der Waals surface area contributed by atoms with Gasteiger partial charge >= 0.3 is 12.0 Å². The first-order chi connectivity index (χ1) is 9.38. The number of carboxylic acids is 1. The molecule has 2 unspecified atom stereocenters. The molecule has 0 saturated heterocycles. The van der Waals surface area contributed by atoms with E-state index in [2.05, 4.69) is 10.6 Å². The molecule has 1 aromatic rings. The number of aliphatic carboxylic acids is 1. The van der Waals surface area contributed by atoms with Gasteiger partial charge in [-0.1, -0.05) is 6.92 Å². The summed E-state index contributed by atoms with van der Waals surface area (Å²) in [6, 6.07) is 3.18. The highest BCUT2D eigenvalue weighted by atomic mass is 16.4. The standard InChI is InChI=1S/C14H22N2O4/c1-9(4-7-13(17)18)8-15-14(19)16-11(3)12-6-5-10(2)20-12/h5-6,9,11H,4,7-8H2,1-3H3,(H,17,18)(H2,15,16,19). The lowest BCUT2D eigenvalue weighted by Gasteiger charge is -2.15. The minimum atomic E-state index is -0.817. The van der Waals surface area contributed by atoms with Crippen LogP contribution in [0.3, 0.4) is 0 Å². The lowest BCUT2D eigenvalue weighted by atomic mass is 10.1. The van der Waals surface area contributed by atoms with Gasteiger partial charge in [0.2, 0.25) is 0 Å². The average molecular weight is 282 g/mol. The summed E-state index contributed by atoms with van der Waals surface area (Å²) < 4.78 is 5.43. The third kappa shape index (κ3) is 5.77. The molecule has 1 aromatic heterocycles. The molecule has 0 aromatic carbocycles. The van der Waals surface area contributed by atoms with Crippen molar-refractivity contribution in [1.29, 1.82) is 0 Å². The van der Waals surface area contributed by atoms with Crippen LogP contribution in [0.15, 0.2) is 16.5 Å². The molecule has 0 spiro atoms. The van der Waals surface area contributed by atoms with E-state index in [4.69, 9.17) is 9.52 Å². The van der Waals surface area contributed by atoms with Gasteiger partial charge in [-0.05, 0) is 38.3 Å². The SMILES string of the molecule is Cc1ccc(C(C)NC(=O)NCC(C)CCC(=O)O)o1. The highest BCUT2D eigenvalue weighted by Crippen LogP contribution is 2.15. The van der Waals surface area contributed by atoms with Crippen LogP contribution in [0.4, 0.5) is 4.79 Å². The second-order valence-corrected chi connectivity index (χ2v) is 5.06. The second kappa shape index (κ2) is 7.57. The number of amides is 2. The molecule has 2 amide bonds. The van der Waals surface area contributed by atoms with Crippen molar-refractivity contribution in [3.05, 3.63) is 23.7 Å². The smallest absolute Gasteiger partial charge is 0.315 e. The van der Waals surface area contributed by atoms with Crippen molar-refractivity contribution in [1.82, 2.24) is 10.6 Å². The molecule has 0 aliphatic carbocycles. The zero-order valence-corrected chi connectivity index (χ0v) is 12.1. The molecule has 0 radical (unpaired) electrons. The maximum atomic E-state index is 11.7. The van der Waals surface area contributed by atoms with E-state index in [0.29, 0.717) is 18.7 Å². The average Bonchev–Trinajstić information content (AvgIpc) is 2.80. The Balaban J connectivity index is 2.27. The van der Waals surface area contributed by atoms with Crippen LogP contribution < -0.4 is 10.6 Å². The molecule has 6 nitrogen and oxygen atoms in total. The Labute approximate surface area is 118 Å². The maximum absolute atomic E-state index is 11.7. The zero-order chi connectivity index (χ0) is 15.1. The monoisotopic (exact) mass is 282 g/mol. The van der Waals surface area contributed by atoms with Crippen LogP contribution in [0.5, 0.6) is 0 Å². The molecule has 0 saturated carbocycles. The van der Waals surface area contributed by atoms with Crippen LogP contribution in [-0.2, 0) is 4.79 Å². The number of furan rings is 1. The summed E-state index contributed by atoms with van der Waals surface area (Å²) in [6.07, 6.45) is 0.662. The number of aryl methyl sites for hydroxylation is 1. The van der Waals surface area contributed by atoms with E-state index in [1.165, 1.54) is 0 Å². The van der Waals surface area contributed by atoms with Crippen LogP contribution in [-0.4, -0.2) is 23.7 Å². The molecule has 1 rings (SSSR count). The number of rotatable bonds is 7. The summed E-state index contributed by atoms with van der Waals surface area (Å²) in [4.78, 5) is 22.1. The highest BCUT2D eigenvalue weighted by Gasteiger charge is 2.13. The molecular formula is C14H22N2O4. The fourth-order valence-electron chi connectivity index (χ4n) is 1.74. The normalized spacial score (nSPS) is 13.6. The van der Waals surface area contributed by atoms with Crippen molar-refractivity contribution >= 4 is 12.0 Å². The van der Waals surface area contributed by atoms with Crippen LogP contribution >= 0.6 is 0 Å². The molecule has 0 bridgehead atoms. The quantitative estimate of drug-likeness (QED) is 0.716. The number of hydrogen-bond donors (Lipinski definition) is 3. The van der Waals surface area contributed by atoms with Crippen LogP contribution in [0.1, 0.15) is 44.3 Å². The third-order valence-corrected chi connectivity index (χ3v) is 3.00. The van der Waals surface area contributed by atoms with E-state index in [-0.39, 0.29) is 24.4 Å². The van der Waals surface area contributed by atoms with Gasteiger partial charge in [0, 0.05) is 13.0 Å². The first-order valence-electron chi connectivity index (χ1n) is 6.71. The van der Waals surface area contributed by atoms with E-state index in [0.717, 1.165) is 5.76 Å². The summed E-state index contributed by atoms with van der Waals surface area (Å²) in [5, 5.41) is 14.1. The van der Waals surface area contributed by atoms with Crippen LogP contribution in [0.2, 0.25) is 0 Å². The number of carbonyl (C=O) groups excluding carboxylic acids is 1.